The first kappa shape index (κ1) is 38.8. The van der Waals surface area contributed by atoms with Crippen molar-refractivity contribution in [1.82, 2.24) is 20.9 Å². The Balaban J connectivity index is 1.62. The molecule has 10 nitrogen and oxygen atoms in total. The number of rotatable bonds is 14. The Hall–Kier alpha value is -2.99. The van der Waals surface area contributed by atoms with Crippen LogP contribution in [0.4, 0.5) is 0 Å². The van der Waals surface area contributed by atoms with Crippen molar-refractivity contribution < 1.29 is 27.9 Å². The van der Waals surface area contributed by atoms with Crippen molar-refractivity contribution in [3.63, 3.8) is 0 Å². The molecule has 0 bridgehead atoms. The molecule has 1 saturated heterocycles. The normalized spacial score (nSPS) is 22.3. The quantitative estimate of drug-likeness (QED) is 0.234. The Bertz CT molecular complexity index is 1510. The Kier molecular flexibility index (Phi) is 13.0. The van der Waals surface area contributed by atoms with Crippen molar-refractivity contribution in [1.29, 1.82) is 0 Å². The molecule has 1 saturated carbocycles. The predicted molar refractivity (Wildman–Crippen MR) is 194 cm³/mol. The van der Waals surface area contributed by atoms with Crippen LogP contribution in [0.25, 0.3) is 0 Å². The number of aliphatic hydroxyl groups excluding tert-OH is 1. The number of hydrogen-bond donors (Lipinski definition) is 4. The zero-order valence-electron chi connectivity index (χ0n) is 30.4. The summed E-state index contributed by atoms with van der Waals surface area (Å²) in [5.41, 5.74) is 1.30. The first-order valence-electron chi connectivity index (χ1n) is 17.6. The summed E-state index contributed by atoms with van der Waals surface area (Å²) in [5.74, 6) is 0.989. The molecule has 272 valence electrons. The van der Waals surface area contributed by atoms with Crippen LogP contribution >= 0.6 is 0 Å². The number of benzene rings is 2. The van der Waals surface area contributed by atoms with E-state index in [-0.39, 0.29) is 25.0 Å². The SMILES string of the molecule is COc1ccccc1CN[C@H](C(=O)N[C@@H](Cc1ccccc1)[C@H](O)CN1C[C@H]2CCCC[C@H]2C[C@H]1C(=O)NC(C)(C)C)C(C)(C)S(C)(=O)=O. The number of nitrogens with one attached hydrogen (secondary N) is 3. The van der Waals surface area contributed by atoms with Crippen molar-refractivity contribution in [3.05, 3.63) is 65.7 Å². The molecule has 1 heterocycles. The van der Waals surface area contributed by atoms with Gasteiger partial charge in [-0.25, -0.2) is 8.42 Å². The Morgan fingerprint density at radius 1 is 0.980 bits per heavy atom. The second-order valence-electron chi connectivity index (χ2n) is 15.6. The highest BCUT2D eigenvalue weighted by molar-refractivity contribution is 7.92. The maximum absolute atomic E-state index is 14.3. The van der Waals surface area contributed by atoms with Crippen molar-refractivity contribution >= 4 is 21.7 Å². The Morgan fingerprint density at radius 2 is 1.61 bits per heavy atom. The van der Waals surface area contributed by atoms with Gasteiger partial charge in [0.1, 0.15) is 11.8 Å². The van der Waals surface area contributed by atoms with E-state index in [1.165, 1.54) is 26.7 Å². The van der Waals surface area contributed by atoms with Gasteiger partial charge in [0, 0.05) is 37.0 Å². The fraction of sp³-hybridized carbons (Fsp3) is 0.632. The van der Waals surface area contributed by atoms with E-state index >= 15 is 0 Å². The second kappa shape index (κ2) is 16.4. The fourth-order valence-corrected chi connectivity index (χ4v) is 7.96. The molecule has 1 aliphatic heterocycles. The summed E-state index contributed by atoms with van der Waals surface area (Å²) in [6, 6.07) is 14.7. The minimum Gasteiger partial charge on any atom is -0.496 e. The first-order valence-corrected chi connectivity index (χ1v) is 19.5. The number of methoxy groups -OCH3 is 1. The lowest BCUT2D eigenvalue weighted by atomic mass is 9.72. The maximum Gasteiger partial charge on any atom is 0.239 e. The minimum atomic E-state index is -3.72. The van der Waals surface area contributed by atoms with Gasteiger partial charge in [0.25, 0.3) is 0 Å². The van der Waals surface area contributed by atoms with Crippen LogP contribution in [0, 0.1) is 11.8 Å². The van der Waals surface area contributed by atoms with E-state index in [4.69, 9.17) is 4.74 Å². The van der Waals surface area contributed by atoms with Crippen LogP contribution in [0.3, 0.4) is 0 Å². The van der Waals surface area contributed by atoms with E-state index in [0.29, 0.717) is 30.6 Å². The van der Waals surface area contributed by atoms with Gasteiger partial charge in [-0.2, -0.15) is 0 Å². The van der Waals surface area contributed by atoms with Gasteiger partial charge in [-0.05, 0) is 77.3 Å². The molecular weight excluding hydrogens is 641 g/mol. The standard InChI is InChI=1S/C38H58N4O6S/c1-37(2,3)41-35(44)31-22-27-17-11-12-19-29(27)24-42(31)25-32(43)30(21-26-15-9-8-10-16-26)40-36(45)34(38(4,5)49(7,46)47)39-23-28-18-13-14-20-33(28)48-6/h8-10,13-16,18,20,27,29-32,34,39,43H,11-12,17,19,21-25H2,1-7H3,(H,40,45)(H,41,44)/t27-,29+,30-,31-,32+,34+/m0/s1. The zero-order chi connectivity index (χ0) is 36.0. The molecule has 0 aromatic heterocycles. The number of piperidine rings is 1. The molecule has 4 rings (SSSR count). The monoisotopic (exact) mass is 698 g/mol. The van der Waals surface area contributed by atoms with Crippen molar-refractivity contribution in [2.24, 2.45) is 11.8 Å². The topological polar surface area (TPSA) is 137 Å². The molecule has 2 fully saturated rings. The lowest BCUT2D eigenvalue weighted by Gasteiger charge is -2.47. The second-order valence-corrected chi connectivity index (χ2v) is 18.2. The number of nitrogens with zero attached hydrogens (tertiary/aromatic N) is 1. The molecule has 2 amide bonds. The molecule has 6 atom stereocenters. The highest BCUT2D eigenvalue weighted by Gasteiger charge is 2.45. The van der Waals surface area contributed by atoms with Gasteiger partial charge < -0.3 is 25.8 Å². The van der Waals surface area contributed by atoms with E-state index in [1.807, 2.05) is 75.4 Å². The average molecular weight is 699 g/mol. The van der Waals surface area contributed by atoms with E-state index in [1.54, 1.807) is 7.11 Å². The number of amides is 2. The third-order valence-corrected chi connectivity index (χ3v) is 12.6. The molecule has 0 unspecified atom stereocenters. The number of sulfone groups is 1. The van der Waals surface area contributed by atoms with Crippen LogP contribution in [-0.2, 0) is 32.4 Å². The first-order chi connectivity index (χ1) is 23.0. The van der Waals surface area contributed by atoms with Gasteiger partial charge >= 0.3 is 0 Å². The summed E-state index contributed by atoms with van der Waals surface area (Å²) >= 11 is 0. The van der Waals surface area contributed by atoms with Gasteiger partial charge in [0.15, 0.2) is 9.84 Å². The van der Waals surface area contributed by atoms with Crippen LogP contribution in [0.15, 0.2) is 54.6 Å². The van der Waals surface area contributed by atoms with Gasteiger partial charge in [0.05, 0.1) is 30.0 Å². The Labute approximate surface area is 293 Å². The van der Waals surface area contributed by atoms with Crippen LogP contribution in [0.5, 0.6) is 5.75 Å². The van der Waals surface area contributed by atoms with E-state index in [0.717, 1.165) is 36.6 Å². The number of fused-ring (bicyclic) bond motifs is 1. The largest absolute Gasteiger partial charge is 0.496 e. The molecule has 0 radical (unpaired) electrons. The number of carbonyl (C=O) groups excluding carboxylic acids is 2. The molecule has 0 spiro atoms. The van der Waals surface area contributed by atoms with Gasteiger partial charge in [-0.15, -0.1) is 0 Å². The van der Waals surface area contributed by atoms with Crippen molar-refractivity contribution in [2.75, 3.05) is 26.5 Å². The lowest BCUT2D eigenvalue weighted by Crippen LogP contribution is -2.63. The van der Waals surface area contributed by atoms with E-state index < -0.39 is 44.2 Å². The van der Waals surface area contributed by atoms with Gasteiger partial charge in [-0.3, -0.25) is 14.5 Å². The highest BCUT2D eigenvalue weighted by atomic mass is 32.2. The third kappa shape index (κ3) is 10.3. The number of carbonyl (C=O) groups is 2. The molecule has 2 aromatic rings. The van der Waals surface area contributed by atoms with Crippen LogP contribution in [0.1, 0.15) is 77.8 Å². The smallest absolute Gasteiger partial charge is 0.239 e. The van der Waals surface area contributed by atoms with Crippen molar-refractivity contribution in [3.8, 4) is 5.75 Å². The number of ether oxygens (including phenoxy) is 1. The summed E-state index contributed by atoms with van der Waals surface area (Å²) in [5, 5.41) is 21.4. The summed E-state index contributed by atoms with van der Waals surface area (Å²) < 4.78 is 30.2. The molecule has 11 heteroatoms. The number of para-hydroxylation sites is 1. The number of β-amino-alcohol motifs (C(OH)–C–C–N with tert-alkyl or cyclic N) is 1. The summed E-state index contributed by atoms with van der Waals surface area (Å²) in [7, 11) is -2.15. The van der Waals surface area contributed by atoms with E-state index in [9.17, 15) is 23.1 Å². The van der Waals surface area contributed by atoms with E-state index in [2.05, 4.69) is 20.9 Å². The third-order valence-electron chi connectivity index (χ3n) is 10.4. The summed E-state index contributed by atoms with van der Waals surface area (Å²) in [4.78, 5) is 30.0. The summed E-state index contributed by atoms with van der Waals surface area (Å²) in [6.45, 7) is 10.1. The van der Waals surface area contributed by atoms with Gasteiger partial charge in [0.2, 0.25) is 11.8 Å². The molecule has 1 aliphatic carbocycles. The van der Waals surface area contributed by atoms with Crippen LogP contribution < -0.4 is 20.7 Å². The fourth-order valence-electron chi connectivity index (χ4n) is 7.34. The van der Waals surface area contributed by atoms with Gasteiger partial charge in [-0.1, -0.05) is 67.8 Å². The number of hydrogen-bond acceptors (Lipinski definition) is 8. The Morgan fingerprint density at radius 3 is 2.24 bits per heavy atom. The molecule has 2 aliphatic rings. The van der Waals surface area contributed by atoms with Crippen LogP contribution in [0.2, 0.25) is 0 Å². The molecule has 49 heavy (non-hydrogen) atoms. The lowest BCUT2D eigenvalue weighted by molar-refractivity contribution is -0.133. The van der Waals surface area contributed by atoms with Crippen LogP contribution in [-0.4, -0.2) is 91.2 Å². The highest BCUT2D eigenvalue weighted by Crippen LogP contribution is 2.39. The maximum atomic E-state index is 14.3. The average Bonchev–Trinajstić information content (AvgIpc) is 3.03. The molecule has 4 N–H and O–H groups in total. The predicted octanol–water partition coefficient (Wildman–Crippen LogP) is 3.86. The minimum absolute atomic E-state index is 0.0390. The number of aliphatic hydroxyl groups is 1. The summed E-state index contributed by atoms with van der Waals surface area (Å²) in [6.07, 6.45) is 5.73. The number of likely N-dealkylation sites (tertiary alicyclic amines) is 1. The van der Waals surface area contributed by atoms with Crippen molar-refractivity contribution in [2.45, 2.75) is 114 Å². The molecule has 2 aromatic carbocycles. The zero-order valence-corrected chi connectivity index (χ0v) is 31.2. The molecular formula is C38H58N4O6S.